The fourth-order valence-electron chi connectivity index (χ4n) is 7.96. The molecular formula is C58H103NO5. The van der Waals surface area contributed by atoms with Crippen molar-refractivity contribution in [2.75, 3.05) is 6.61 Å². The summed E-state index contributed by atoms with van der Waals surface area (Å²) in [6.07, 6.45) is 65.6. The molecule has 0 saturated carbocycles. The Labute approximate surface area is 396 Å². The van der Waals surface area contributed by atoms with Gasteiger partial charge in [0, 0.05) is 6.42 Å². The van der Waals surface area contributed by atoms with Crippen LogP contribution in [0.2, 0.25) is 0 Å². The first-order valence-corrected chi connectivity index (χ1v) is 27.2. The number of esters is 1. The van der Waals surface area contributed by atoms with E-state index in [1.54, 1.807) is 6.08 Å². The maximum Gasteiger partial charge on any atom is 0.306 e. The minimum Gasteiger partial charge on any atom is -0.458 e. The molecule has 0 spiro atoms. The zero-order chi connectivity index (χ0) is 46.7. The van der Waals surface area contributed by atoms with Crippen molar-refractivity contribution < 1.29 is 24.5 Å². The van der Waals surface area contributed by atoms with Gasteiger partial charge in [-0.15, -0.1) is 0 Å². The summed E-state index contributed by atoms with van der Waals surface area (Å²) in [5.41, 5.74) is 0. The molecular weight excluding hydrogens is 791 g/mol. The van der Waals surface area contributed by atoms with Crippen molar-refractivity contribution >= 4 is 11.9 Å². The molecule has 0 aliphatic rings. The lowest BCUT2D eigenvalue weighted by molar-refractivity contribution is -0.148. The Morgan fingerprint density at radius 2 is 0.812 bits per heavy atom. The zero-order valence-electron chi connectivity index (χ0n) is 42.1. The van der Waals surface area contributed by atoms with E-state index in [-0.39, 0.29) is 24.9 Å². The third-order valence-electron chi connectivity index (χ3n) is 12.0. The number of aliphatic hydroxyl groups is 2. The predicted molar refractivity (Wildman–Crippen MR) is 278 cm³/mol. The van der Waals surface area contributed by atoms with E-state index in [2.05, 4.69) is 86.8 Å². The third-order valence-corrected chi connectivity index (χ3v) is 12.0. The van der Waals surface area contributed by atoms with E-state index in [4.69, 9.17) is 4.74 Å². The molecule has 0 aromatic heterocycles. The van der Waals surface area contributed by atoms with Crippen LogP contribution in [0.25, 0.3) is 0 Å². The van der Waals surface area contributed by atoms with Crippen LogP contribution < -0.4 is 5.32 Å². The van der Waals surface area contributed by atoms with Gasteiger partial charge in [-0.1, -0.05) is 261 Å². The molecule has 0 bridgehead atoms. The Morgan fingerprint density at radius 1 is 0.469 bits per heavy atom. The summed E-state index contributed by atoms with van der Waals surface area (Å²) in [7, 11) is 0. The molecule has 0 saturated heterocycles. The SMILES string of the molecule is CC/C=C\C/C=C\C/C=C\C/C=C\C/C=C\C/C=C\C(CC(=O)NC(CO)C(O)CCCCCCCCCCCCCCC)OC(=O)CCCCCCCCCCCCCCCCC. The first kappa shape index (κ1) is 61.3. The number of aliphatic hydroxyl groups excluding tert-OH is 2. The van der Waals surface area contributed by atoms with E-state index in [9.17, 15) is 19.8 Å². The second-order valence-corrected chi connectivity index (χ2v) is 18.3. The van der Waals surface area contributed by atoms with E-state index >= 15 is 0 Å². The number of allylic oxidation sites excluding steroid dienone is 11. The molecule has 0 radical (unpaired) electrons. The van der Waals surface area contributed by atoms with Gasteiger partial charge in [-0.3, -0.25) is 9.59 Å². The van der Waals surface area contributed by atoms with Crippen LogP contribution in [0.1, 0.15) is 258 Å². The summed E-state index contributed by atoms with van der Waals surface area (Å²) in [6.45, 7) is 6.34. The molecule has 6 nitrogen and oxygen atoms in total. The van der Waals surface area contributed by atoms with Crippen molar-refractivity contribution in [2.24, 2.45) is 0 Å². The lowest BCUT2D eigenvalue weighted by Gasteiger charge is -2.23. The normalized spacial score (nSPS) is 13.8. The zero-order valence-corrected chi connectivity index (χ0v) is 42.1. The summed E-state index contributed by atoms with van der Waals surface area (Å²) in [5.74, 6) is -0.624. The van der Waals surface area contributed by atoms with Gasteiger partial charge in [0.1, 0.15) is 6.10 Å². The van der Waals surface area contributed by atoms with Gasteiger partial charge in [0.2, 0.25) is 5.91 Å². The van der Waals surface area contributed by atoms with Crippen LogP contribution in [0.5, 0.6) is 0 Å². The quantitative estimate of drug-likeness (QED) is 0.0321. The average molecular weight is 894 g/mol. The van der Waals surface area contributed by atoms with Crippen LogP contribution in [0.4, 0.5) is 0 Å². The maximum atomic E-state index is 13.2. The number of carbonyl (C=O) groups excluding carboxylic acids is 2. The fourth-order valence-corrected chi connectivity index (χ4v) is 7.96. The minimum atomic E-state index is -0.821. The summed E-state index contributed by atoms with van der Waals surface area (Å²) in [4.78, 5) is 26.1. The molecule has 0 aliphatic carbocycles. The van der Waals surface area contributed by atoms with Crippen LogP contribution >= 0.6 is 0 Å². The number of amides is 1. The van der Waals surface area contributed by atoms with Crippen LogP contribution in [0.3, 0.4) is 0 Å². The van der Waals surface area contributed by atoms with Gasteiger partial charge in [-0.05, 0) is 57.4 Å². The molecule has 6 heteroatoms. The lowest BCUT2D eigenvalue weighted by Crippen LogP contribution is -2.46. The van der Waals surface area contributed by atoms with Gasteiger partial charge in [0.15, 0.2) is 0 Å². The number of carbonyl (C=O) groups is 2. The van der Waals surface area contributed by atoms with E-state index < -0.39 is 18.2 Å². The highest BCUT2D eigenvalue weighted by atomic mass is 16.5. The van der Waals surface area contributed by atoms with Crippen molar-refractivity contribution in [1.82, 2.24) is 5.32 Å². The molecule has 0 aliphatic heterocycles. The largest absolute Gasteiger partial charge is 0.458 e. The van der Waals surface area contributed by atoms with Crippen molar-refractivity contribution in [1.29, 1.82) is 0 Å². The average Bonchev–Trinajstić information content (AvgIpc) is 3.29. The van der Waals surface area contributed by atoms with E-state index in [1.165, 1.54) is 141 Å². The Bertz CT molecular complexity index is 1190. The van der Waals surface area contributed by atoms with Gasteiger partial charge in [0.25, 0.3) is 0 Å². The molecule has 3 N–H and O–H groups in total. The summed E-state index contributed by atoms with van der Waals surface area (Å²) in [5, 5.41) is 23.7. The van der Waals surface area contributed by atoms with E-state index in [0.29, 0.717) is 19.3 Å². The molecule has 0 aromatic carbocycles. The first-order chi connectivity index (χ1) is 31.5. The molecule has 0 heterocycles. The minimum absolute atomic E-state index is 0.0469. The number of nitrogens with one attached hydrogen (secondary N) is 1. The maximum absolute atomic E-state index is 13.2. The predicted octanol–water partition coefficient (Wildman–Crippen LogP) is 16.6. The molecule has 64 heavy (non-hydrogen) atoms. The summed E-state index contributed by atoms with van der Waals surface area (Å²) >= 11 is 0. The molecule has 3 atom stereocenters. The number of ether oxygens (including phenoxy) is 1. The third kappa shape index (κ3) is 45.9. The standard InChI is InChI=1S/C58H103NO5/c1-4-7-10-13-16-19-22-25-27-28-30-32-34-37-40-43-46-49-54(64-58(63)51-48-45-42-39-36-33-29-26-23-20-17-14-11-8-5-2)52-57(62)59-55(53-60)56(61)50-47-44-41-38-35-31-24-21-18-15-12-9-6-3/h7,10,16,19,25,27,30,32,37,40,46,49,54-56,60-61H,4-6,8-9,11-15,17-18,20-24,26,28-29,31,33-36,38-39,41-45,47-48,50-53H2,1-3H3,(H,59,62)/b10-7-,19-16-,27-25-,32-30-,40-37-,49-46-. The molecule has 1 amide bonds. The number of hydrogen-bond donors (Lipinski definition) is 3. The van der Waals surface area contributed by atoms with Gasteiger partial charge in [-0.25, -0.2) is 0 Å². The second kappa shape index (κ2) is 51.3. The Kier molecular flexibility index (Phi) is 49.1. The number of rotatable bonds is 48. The van der Waals surface area contributed by atoms with Gasteiger partial charge >= 0.3 is 5.97 Å². The van der Waals surface area contributed by atoms with Crippen molar-refractivity contribution in [2.45, 2.75) is 277 Å². The smallest absolute Gasteiger partial charge is 0.306 e. The highest BCUT2D eigenvalue weighted by Gasteiger charge is 2.23. The molecule has 0 fully saturated rings. The van der Waals surface area contributed by atoms with Crippen molar-refractivity contribution in [3.8, 4) is 0 Å². The lowest BCUT2D eigenvalue weighted by atomic mass is 10.0. The van der Waals surface area contributed by atoms with Gasteiger partial charge in [-0.2, -0.15) is 0 Å². The van der Waals surface area contributed by atoms with Crippen LogP contribution in [-0.4, -0.2) is 46.9 Å². The Morgan fingerprint density at radius 3 is 1.19 bits per heavy atom. The van der Waals surface area contributed by atoms with Gasteiger partial charge < -0.3 is 20.3 Å². The summed E-state index contributed by atoms with van der Waals surface area (Å²) < 4.78 is 5.84. The summed E-state index contributed by atoms with van der Waals surface area (Å²) in [6, 6.07) is -0.744. The number of hydrogen-bond acceptors (Lipinski definition) is 5. The van der Waals surface area contributed by atoms with E-state index in [1.807, 2.05) is 6.08 Å². The molecule has 0 aromatic rings. The van der Waals surface area contributed by atoms with Crippen molar-refractivity contribution in [3.63, 3.8) is 0 Å². The van der Waals surface area contributed by atoms with Gasteiger partial charge in [0.05, 0.1) is 25.2 Å². The monoisotopic (exact) mass is 894 g/mol. The molecule has 370 valence electrons. The Hall–Kier alpha value is -2.70. The van der Waals surface area contributed by atoms with Crippen LogP contribution in [-0.2, 0) is 14.3 Å². The molecule has 0 rings (SSSR count). The van der Waals surface area contributed by atoms with Crippen LogP contribution in [0.15, 0.2) is 72.9 Å². The fraction of sp³-hybridized carbons (Fsp3) is 0.759. The molecule has 3 unspecified atom stereocenters. The van der Waals surface area contributed by atoms with Crippen LogP contribution in [0, 0.1) is 0 Å². The van der Waals surface area contributed by atoms with E-state index in [0.717, 1.165) is 70.6 Å². The first-order valence-electron chi connectivity index (χ1n) is 27.2. The topological polar surface area (TPSA) is 95.9 Å². The number of unbranched alkanes of at least 4 members (excludes halogenated alkanes) is 26. The van der Waals surface area contributed by atoms with Crippen molar-refractivity contribution in [3.05, 3.63) is 72.9 Å². The highest BCUT2D eigenvalue weighted by molar-refractivity contribution is 5.78. The highest BCUT2D eigenvalue weighted by Crippen LogP contribution is 2.17. The second-order valence-electron chi connectivity index (χ2n) is 18.3. The Balaban J connectivity index is 4.74.